The van der Waals surface area contributed by atoms with Gasteiger partial charge in [0.25, 0.3) is 0 Å². The zero-order valence-electron chi connectivity index (χ0n) is 9.89. The van der Waals surface area contributed by atoms with Crippen LogP contribution in [0.15, 0.2) is 0 Å². The van der Waals surface area contributed by atoms with Gasteiger partial charge in [-0.2, -0.15) is 13.2 Å². The lowest BCUT2D eigenvalue weighted by Gasteiger charge is -2.30. The van der Waals surface area contributed by atoms with Crippen molar-refractivity contribution in [3.8, 4) is 0 Å². The van der Waals surface area contributed by atoms with E-state index in [4.69, 9.17) is 5.73 Å². The Labute approximate surface area is 98.9 Å². The largest absolute Gasteiger partial charge is 0.391 e. The van der Waals surface area contributed by atoms with E-state index in [1.54, 1.807) is 6.92 Å². The third-order valence-electron chi connectivity index (χ3n) is 3.29. The first kappa shape index (κ1) is 14.3. The number of carbonyl (C=O) groups is 1. The van der Waals surface area contributed by atoms with Gasteiger partial charge in [0.2, 0.25) is 5.91 Å². The van der Waals surface area contributed by atoms with E-state index < -0.39 is 18.1 Å². The van der Waals surface area contributed by atoms with Crippen molar-refractivity contribution in [1.29, 1.82) is 0 Å². The quantitative estimate of drug-likeness (QED) is 0.805. The SMILES string of the molecule is C[C@@H](N)C(=O)NCC1CCC(C(F)(F)F)CC1. The molecular weight excluding hydrogens is 233 g/mol. The van der Waals surface area contributed by atoms with E-state index in [2.05, 4.69) is 5.32 Å². The summed E-state index contributed by atoms with van der Waals surface area (Å²) in [5.74, 6) is -1.26. The van der Waals surface area contributed by atoms with E-state index in [0.29, 0.717) is 19.4 Å². The Balaban J connectivity index is 2.26. The maximum Gasteiger partial charge on any atom is 0.391 e. The van der Waals surface area contributed by atoms with Crippen LogP contribution >= 0.6 is 0 Å². The Bertz CT molecular complexity index is 258. The molecule has 0 saturated heterocycles. The minimum atomic E-state index is -4.07. The van der Waals surface area contributed by atoms with Crippen molar-refractivity contribution in [3.63, 3.8) is 0 Å². The molecule has 1 amide bonds. The highest BCUT2D eigenvalue weighted by atomic mass is 19.4. The second kappa shape index (κ2) is 5.71. The number of halogens is 3. The van der Waals surface area contributed by atoms with Crippen LogP contribution in [0.1, 0.15) is 32.6 Å². The topological polar surface area (TPSA) is 55.1 Å². The van der Waals surface area contributed by atoms with Crippen molar-refractivity contribution < 1.29 is 18.0 Å². The number of nitrogens with two attached hydrogens (primary N) is 1. The van der Waals surface area contributed by atoms with Gasteiger partial charge >= 0.3 is 6.18 Å². The van der Waals surface area contributed by atoms with Crippen molar-refractivity contribution in [2.24, 2.45) is 17.6 Å². The molecule has 0 heterocycles. The van der Waals surface area contributed by atoms with Gasteiger partial charge in [-0.3, -0.25) is 4.79 Å². The van der Waals surface area contributed by atoms with Crippen LogP contribution in [0.25, 0.3) is 0 Å². The zero-order chi connectivity index (χ0) is 13.1. The van der Waals surface area contributed by atoms with Crippen molar-refractivity contribution in [3.05, 3.63) is 0 Å². The predicted molar refractivity (Wildman–Crippen MR) is 58.2 cm³/mol. The molecule has 0 bridgehead atoms. The Hall–Kier alpha value is -0.780. The summed E-state index contributed by atoms with van der Waals surface area (Å²) in [5, 5.41) is 2.66. The van der Waals surface area contributed by atoms with Gasteiger partial charge in [-0.1, -0.05) is 0 Å². The molecule has 1 fully saturated rings. The molecule has 0 unspecified atom stereocenters. The maximum atomic E-state index is 12.4. The first-order chi connectivity index (χ1) is 7.80. The van der Waals surface area contributed by atoms with Gasteiger partial charge in [-0.05, 0) is 38.5 Å². The molecule has 6 heteroatoms. The van der Waals surface area contributed by atoms with Crippen molar-refractivity contribution in [2.75, 3.05) is 6.54 Å². The van der Waals surface area contributed by atoms with Crippen LogP contribution in [-0.2, 0) is 4.79 Å². The number of hydrogen-bond acceptors (Lipinski definition) is 2. The standard InChI is InChI=1S/C11H19F3N2O/c1-7(15)10(17)16-6-8-2-4-9(5-3-8)11(12,13)14/h7-9H,2-6,15H2,1H3,(H,16,17)/t7-,8?,9?/m1/s1. The summed E-state index contributed by atoms with van der Waals surface area (Å²) in [6.45, 7) is 2.01. The number of carbonyl (C=O) groups excluding carboxylic acids is 1. The molecule has 0 aromatic rings. The summed E-state index contributed by atoms with van der Waals surface area (Å²) in [5.41, 5.74) is 5.37. The maximum absolute atomic E-state index is 12.4. The molecule has 1 aliphatic rings. The summed E-state index contributed by atoms with van der Waals surface area (Å²) >= 11 is 0. The molecule has 0 aromatic heterocycles. The second-order valence-corrected chi connectivity index (χ2v) is 4.79. The molecular formula is C11H19F3N2O. The fourth-order valence-corrected chi connectivity index (χ4v) is 2.10. The van der Waals surface area contributed by atoms with Gasteiger partial charge in [0.1, 0.15) is 0 Å². The van der Waals surface area contributed by atoms with E-state index in [0.717, 1.165) is 0 Å². The highest BCUT2D eigenvalue weighted by Crippen LogP contribution is 2.39. The monoisotopic (exact) mass is 252 g/mol. The van der Waals surface area contributed by atoms with Gasteiger partial charge in [-0.25, -0.2) is 0 Å². The van der Waals surface area contributed by atoms with Crippen LogP contribution in [0.5, 0.6) is 0 Å². The lowest BCUT2D eigenvalue weighted by Crippen LogP contribution is -2.41. The Morgan fingerprint density at radius 1 is 1.35 bits per heavy atom. The van der Waals surface area contributed by atoms with Crippen LogP contribution in [0.3, 0.4) is 0 Å². The van der Waals surface area contributed by atoms with Gasteiger partial charge < -0.3 is 11.1 Å². The van der Waals surface area contributed by atoms with E-state index in [9.17, 15) is 18.0 Å². The summed E-state index contributed by atoms with van der Waals surface area (Å²) in [4.78, 5) is 11.2. The number of alkyl halides is 3. The number of hydrogen-bond donors (Lipinski definition) is 2. The van der Waals surface area contributed by atoms with E-state index in [1.807, 2.05) is 0 Å². The van der Waals surface area contributed by atoms with Crippen LogP contribution in [0, 0.1) is 11.8 Å². The van der Waals surface area contributed by atoms with Crippen LogP contribution in [0.2, 0.25) is 0 Å². The first-order valence-electron chi connectivity index (χ1n) is 5.90. The first-order valence-corrected chi connectivity index (χ1v) is 5.90. The normalized spacial score (nSPS) is 27.6. The van der Waals surface area contributed by atoms with Crippen molar-refractivity contribution >= 4 is 5.91 Å². The average molecular weight is 252 g/mol. The molecule has 0 radical (unpaired) electrons. The summed E-state index contributed by atoms with van der Waals surface area (Å²) in [7, 11) is 0. The molecule has 1 rings (SSSR count). The summed E-state index contributed by atoms with van der Waals surface area (Å²) in [6, 6.07) is -0.568. The zero-order valence-corrected chi connectivity index (χ0v) is 9.89. The predicted octanol–water partition coefficient (Wildman–Crippen LogP) is 1.82. The molecule has 1 atom stereocenters. The molecule has 0 aromatic carbocycles. The highest BCUT2D eigenvalue weighted by molar-refractivity contribution is 5.80. The second-order valence-electron chi connectivity index (χ2n) is 4.79. The molecule has 17 heavy (non-hydrogen) atoms. The fraction of sp³-hybridized carbons (Fsp3) is 0.909. The summed E-state index contributed by atoms with van der Waals surface area (Å²) in [6.07, 6.45) is -2.70. The third kappa shape index (κ3) is 4.53. The lowest BCUT2D eigenvalue weighted by molar-refractivity contribution is -0.183. The molecule has 100 valence electrons. The minimum Gasteiger partial charge on any atom is -0.354 e. The lowest BCUT2D eigenvalue weighted by atomic mass is 9.81. The molecule has 3 nitrogen and oxygen atoms in total. The number of amides is 1. The Morgan fingerprint density at radius 3 is 2.29 bits per heavy atom. The average Bonchev–Trinajstić information content (AvgIpc) is 2.25. The Kier molecular flexibility index (Phi) is 4.80. The molecule has 0 aliphatic heterocycles. The third-order valence-corrected chi connectivity index (χ3v) is 3.29. The van der Waals surface area contributed by atoms with Gasteiger partial charge in [0.05, 0.1) is 12.0 Å². The molecule has 1 aliphatic carbocycles. The number of rotatable bonds is 3. The van der Waals surface area contributed by atoms with Crippen LogP contribution in [0.4, 0.5) is 13.2 Å². The summed E-state index contributed by atoms with van der Waals surface area (Å²) < 4.78 is 37.2. The van der Waals surface area contributed by atoms with Gasteiger partial charge in [0.15, 0.2) is 0 Å². The van der Waals surface area contributed by atoms with Crippen LogP contribution < -0.4 is 11.1 Å². The highest BCUT2D eigenvalue weighted by Gasteiger charge is 2.41. The number of nitrogens with one attached hydrogen (secondary N) is 1. The molecule has 0 spiro atoms. The van der Waals surface area contributed by atoms with Crippen LogP contribution in [-0.4, -0.2) is 24.7 Å². The van der Waals surface area contributed by atoms with Crippen molar-refractivity contribution in [2.45, 2.75) is 44.8 Å². The van der Waals surface area contributed by atoms with Gasteiger partial charge in [0, 0.05) is 6.54 Å². The van der Waals surface area contributed by atoms with Crippen molar-refractivity contribution in [1.82, 2.24) is 5.32 Å². The van der Waals surface area contributed by atoms with E-state index in [1.165, 1.54) is 0 Å². The van der Waals surface area contributed by atoms with E-state index in [-0.39, 0.29) is 24.7 Å². The molecule has 1 saturated carbocycles. The van der Waals surface area contributed by atoms with E-state index >= 15 is 0 Å². The minimum absolute atomic E-state index is 0.149. The Morgan fingerprint density at radius 2 is 1.88 bits per heavy atom. The molecule has 3 N–H and O–H groups in total. The fourth-order valence-electron chi connectivity index (χ4n) is 2.10. The van der Waals surface area contributed by atoms with Gasteiger partial charge in [-0.15, -0.1) is 0 Å². The smallest absolute Gasteiger partial charge is 0.354 e.